The van der Waals surface area contributed by atoms with E-state index in [1.54, 1.807) is 12.3 Å². The number of hydrogen-bond acceptors (Lipinski definition) is 3. The zero-order valence-corrected chi connectivity index (χ0v) is 5.55. The second-order valence-corrected chi connectivity index (χ2v) is 2.10. The van der Waals surface area contributed by atoms with E-state index in [0.29, 0.717) is 9.73 Å². The van der Waals surface area contributed by atoms with E-state index in [9.17, 15) is 0 Å². The molecule has 0 amide bonds. The lowest BCUT2D eigenvalue weighted by Crippen LogP contribution is -2.09. The van der Waals surface area contributed by atoms with Crippen molar-refractivity contribution in [3.63, 3.8) is 0 Å². The van der Waals surface area contributed by atoms with Gasteiger partial charge in [0.25, 0.3) is 0 Å². The van der Waals surface area contributed by atoms with Crippen LogP contribution in [0.3, 0.4) is 0 Å². The Bertz CT molecular complexity index is 169. The molecule has 1 aliphatic heterocycles. The molecule has 0 aromatic heterocycles. The maximum absolute atomic E-state index is 4.78. The third-order valence-electron chi connectivity index (χ3n) is 0.690. The van der Waals surface area contributed by atoms with Crippen molar-refractivity contribution in [2.45, 2.75) is 0 Å². The van der Waals surface area contributed by atoms with E-state index in [0.717, 1.165) is 0 Å². The standard InChI is InChI=1S/C5H2NS2/c7-4-1-2-6-3-5(4)8/h1-2H. The van der Waals surface area contributed by atoms with Crippen molar-refractivity contribution in [2.24, 2.45) is 4.99 Å². The molecule has 0 aromatic rings. The average Bonchev–Trinajstić information content (AvgIpc) is 1.77. The van der Waals surface area contributed by atoms with Gasteiger partial charge in [-0.25, -0.2) is 0 Å². The maximum atomic E-state index is 4.78. The summed E-state index contributed by atoms with van der Waals surface area (Å²) in [7, 11) is 0. The summed E-state index contributed by atoms with van der Waals surface area (Å²) < 4.78 is 0. The Morgan fingerprint density at radius 1 is 1.50 bits per heavy atom. The minimum Gasteiger partial charge on any atom is -0.253 e. The van der Waals surface area contributed by atoms with Gasteiger partial charge in [0, 0.05) is 6.20 Å². The highest BCUT2D eigenvalue weighted by Gasteiger charge is 1.99. The third-order valence-corrected chi connectivity index (χ3v) is 1.47. The van der Waals surface area contributed by atoms with E-state index in [1.807, 2.05) is 0 Å². The smallest absolute Gasteiger partial charge is 0.110 e. The Morgan fingerprint density at radius 2 is 2.25 bits per heavy atom. The molecule has 1 heterocycles. The first-order valence-electron chi connectivity index (χ1n) is 2.01. The van der Waals surface area contributed by atoms with Crippen LogP contribution in [0.2, 0.25) is 0 Å². The second-order valence-electron chi connectivity index (χ2n) is 1.25. The first-order chi connectivity index (χ1) is 3.80. The van der Waals surface area contributed by atoms with Crippen LogP contribution in [0.5, 0.6) is 0 Å². The van der Waals surface area contributed by atoms with Crippen LogP contribution >= 0.6 is 24.4 Å². The third kappa shape index (κ3) is 1.05. The molecule has 39 valence electrons. The molecule has 1 nitrogen and oxygen atoms in total. The van der Waals surface area contributed by atoms with Crippen LogP contribution < -0.4 is 0 Å². The molecule has 0 unspecified atom stereocenters. The quantitative estimate of drug-likeness (QED) is 0.469. The van der Waals surface area contributed by atoms with Gasteiger partial charge in [0.1, 0.15) is 6.21 Å². The van der Waals surface area contributed by atoms with Gasteiger partial charge >= 0.3 is 0 Å². The first-order valence-corrected chi connectivity index (χ1v) is 2.83. The predicted octanol–water partition coefficient (Wildman–Crippen LogP) is 1.20. The van der Waals surface area contributed by atoms with Crippen molar-refractivity contribution in [3.8, 4) is 0 Å². The lowest BCUT2D eigenvalue weighted by molar-refractivity contribution is 1.62. The molecule has 0 N–H and O–H groups in total. The van der Waals surface area contributed by atoms with Crippen LogP contribution in [0.4, 0.5) is 0 Å². The van der Waals surface area contributed by atoms with E-state index in [-0.39, 0.29) is 0 Å². The molecule has 0 saturated carbocycles. The summed E-state index contributed by atoms with van der Waals surface area (Å²) in [5, 5.41) is 0. The van der Waals surface area contributed by atoms with Crippen LogP contribution in [0.1, 0.15) is 0 Å². The van der Waals surface area contributed by atoms with Gasteiger partial charge in [-0.1, -0.05) is 24.4 Å². The molecule has 1 aliphatic rings. The highest BCUT2D eigenvalue weighted by molar-refractivity contribution is 7.91. The number of rotatable bonds is 0. The molecular formula is C5H2NS2. The highest BCUT2D eigenvalue weighted by atomic mass is 32.1. The van der Waals surface area contributed by atoms with Gasteiger partial charge in [-0.05, 0) is 6.08 Å². The molecule has 3 heteroatoms. The Labute approximate surface area is 58.1 Å². The topological polar surface area (TPSA) is 12.4 Å². The number of hydrogen-bond donors (Lipinski definition) is 0. The van der Waals surface area contributed by atoms with Crippen molar-refractivity contribution in [1.29, 1.82) is 0 Å². The number of aliphatic imine (C=N–C) groups is 1. The van der Waals surface area contributed by atoms with Gasteiger partial charge in [-0.2, -0.15) is 0 Å². The lowest BCUT2D eigenvalue weighted by Gasteiger charge is -1.93. The van der Waals surface area contributed by atoms with Crippen molar-refractivity contribution >= 4 is 40.4 Å². The van der Waals surface area contributed by atoms with Crippen LogP contribution in [-0.2, 0) is 0 Å². The highest BCUT2D eigenvalue weighted by Crippen LogP contribution is 1.91. The minimum absolute atomic E-state index is 0.530. The summed E-state index contributed by atoms with van der Waals surface area (Å²) in [6.07, 6.45) is 5.83. The second kappa shape index (κ2) is 2.24. The molecule has 0 fully saturated rings. The van der Waals surface area contributed by atoms with Crippen LogP contribution in [0.15, 0.2) is 17.3 Å². The molecule has 0 spiro atoms. The van der Waals surface area contributed by atoms with E-state index in [1.165, 1.54) is 0 Å². The van der Waals surface area contributed by atoms with Gasteiger partial charge in [-0.3, -0.25) is 4.99 Å². The monoisotopic (exact) mass is 140 g/mol. The summed E-state index contributed by atoms with van der Waals surface area (Å²) in [6.45, 7) is 0. The van der Waals surface area contributed by atoms with Gasteiger partial charge < -0.3 is 0 Å². The van der Waals surface area contributed by atoms with Crippen molar-refractivity contribution < 1.29 is 0 Å². The molecule has 0 atom stereocenters. The fraction of sp³-hybridized carbons (Fsp3) is 0. The molecular weight excluding hydrogens is 138 g/mol. The van der Waals surface area contributed by atoms with Crippen LogP contribution in [0.25, 0.3) is 0 Å². The van der Waals surface area contributed by atoms with Gasteiger partial charge in [-0.15, -0.1) is 0 Å². The van der Waals surface area contributed by atoms with E-state index < -0.39 is 0 Å². The Hall–Kier alpha value is -0.410. The molecule has 0 aliphatic carbocycles. The fourth-order valence-corrected chi connectivity index (χ4v) is 0.559. The zero-order chi connectivity index (χ0) is 5.98. The first kappa shape index (κ1) is 5.72. The van der Waals surface area contributed by atoms with E-state index in [4.69, 9.17) is 24.4 Å². The predicted molar refractivity (Wildman–Crippen MR) is 41.8 cm³/mol. The molecule has 0 bridgehead atoms. The minimum atomic E-state index is 0.530. The fourth-order valence-electron chi connectivity index (χ4n) is 0.332. The van der Waals surface area contributed by atoms with Crippen molar-refractivity contribution in [1.82, 2.24) is 0 Å². The molecule has 0 saturated heterocycles. The largest absolute Gasteiger partial charge is 0.253 e. The summed E-state index contributed by atoms with van der Waals surface area (Å²) in [4.78, 5) is 4.83. The Kier molecular flexibility index (Phi) is 1.60. The Balaban J connectivity index is 2.89. The molecule has 8 heavy (non-hydrogen) atoms. The average molecular weight is 140 g/mol. The number of nitrogens with zero attached hydrogens (tertiary/aromatic N) is 1. The van der Waals surface area contributed by atoms with Gasteiger partial charge in [0.15, 0.2) is 0 Å². The van der Waals surface area contributed by atoms with E-state index >= 15 is 0 Å². The molecule has 0 aromatic carbocycles. The summed E-state index contributed by atoms with van der Waals surface area (Å²) in [5.74, 6) is 0. The summed E-state index contributed by atoms with van der Waals surface area (Å²) >= 11 is 9.51. The number of thiocarbonyl (C=S) groups is 2. The van der Waals surface area contributed by atoms with Crippen LogP contribution in [0, 0.1) is 0 Å². The summed E-state index contributed by atoms with van der Waals surface area (Å²) in [6, 6.07) is 0. The number of allylic oxidation sites excluding steroid dienone is 1. The Morgan fingerprint density at radius 3 is 2.62 bits per heavy atom. The summed E-state index contributed by atoms with van der Waals surface area (Å²) in [5.41, 5.74) is 0. The lowest BCUT2D eigenvalue weighted by atomic mass is 10.3. The van der Waals surface area contributed by atoms with Crippen molar-refractivity contribution in [2.75, 3.05) is 0 Å². The van der Waals surface area contributed by atoms with Gasteiger partial charge in [0.05, 0.1) is 9.73 Å². The molecule has 1 rings (SSSR count). The SMILES string of the molecule is S=C1[C]=NC=CC1=S. The maximum Gasteiger partial charge on any atom is 0.110 e. The van der Waals surface area contributed by atoms with Crippen LogP contribution in [-0.4, -0.2) is 15.9 Å². The molecule has 1 radical (unpaired) electrons. The van der Waals surface area contributed by atoms with Crippen molar-refractivity contribution in [3.05, 3.63) is 12.3 Å². The van der Waals surface area contributed by atoms with E-state index in [2.05, 4.69) is 11.2 Å². The zero-order valence-electron chi connectivity index (χ0n) is 3.92. The van der Waals surface area contributed by atoms with Gasteiger partial charge in [0.2, 0.25) is 0 Å². The normalized spacial score (nSPS) is 17.5.